The van der Waals surface area contributed by atoms with Crippen molar-refractivity contribution in [3.63, 3.8) is 0 Å². The van der Waals surface area contributed by atoms with Gasteiger partial charge in [-0.05, 0) is 22.8 Å². The van der Waals surface area contributed by atoms with E-state index in [1.807, 2.05) is 54.6 Å². The number of esters is 1. The first kappa shape index (κ1) is 32.1. The Balaban J connectivity index is 1.36. The number of aliphatic hydroxyl groups excluding tert-OH is 2. The van der Waals surface area contributed by atoms with Crippen LogP contribution in [-0.2, 0) is 51.1 Å². The van der Waals surface area contributed by atoms with E-state index in [4.69, 9.17) is 28.9 Å². The van der Waals surface area contributed by atoms with Crippen molar-refractivity contribution in [1.82, 2.24) is 15.3 Å². The first-order valence-corrected chi connectivity index (χ1v) is 15.4. The Morgan fingerprint density at radius 1 is 1.11 bits per heavy atom. The summed E-state index contributed by atoms with van der Waals surface area (Å²) in [6.45, 7) is -0.0962. The van der Waals surface area contributed by atoms with Crippen molar-refractivity contribution in [2.75, 3.05) is 40.2 Å². The first-order valence-electron chi connectivity index (χ1n) is 15.4. The second-order valence-electron chi connectivity index (χ2n) is 11.8. The van der Waals surface area contributed by atoms with E-state index in [0.717, 1.165) is 16.7 Å². The molecule has 0 radical (unpaired) electrons. The van der Waals surface area contributed by atoms with Gasteiger partial charge in [-0.1, -0.05) is 54.6 Å². The molecule has 13 nitrogen and oxygen atoms in total. The van der Waals surface area contributed by atoms with Crippen LogP contribution in [0, 0.1) is 5.41 Å². The monoisotopic (exact) mass is 637 g/mol. The molecule has 3 saturated heterocycles. The molecule has 4 aliphatic rings. The number of likely N-dealkylation sites (N-methyl/N-ethyl adjacent to an activating group) is 1. The van der Waals surface area contributed by atoms with Crippen molar-refractivity contribution in [3.05, 3.63) is 77.5 Å². The molecule has 4 fully saturated rings. The number of nitrogens with zero attached hydrogens (tertiary/aromatic N) is 2. The Morgan fingerprint density at radius 2 is 1.87 bits per heavy atom. The number of carbonyl (C=O) groups excluding carboxylic acids is 3. The third-order valence-electron chi connectivity index (χ3n) is 9.18. The minimum absolute atomic E-state index is 0.0294. The summed E-state index contributed by atoms with van der Waals surface area (Å²) >= 11 is 0. The third-order valence-corrected chi connectivity index (χ3v) is 9.18. The third kappa shape index (κ3) is 5.90. The highest BCUT2D eigenvalue weighted by atomic mass is 16.8. The van der Waals surface area contributed by atoms with E-state index in [-0.39, 0.29) is 52.5 Å². The lowest BCUT2D eigenvalue weighted by Crippen LogP contribution is -2.70. The predicted molar refractivity (Wildman–Crippen MR) is 161 cm³/mol. The summed E-state index contributed by atoms with van der Waals surface area (Å²) in [5.74, 6) is -1.48. The minimum atomic E-state index is -1.44. The van der Waals surface area contributed by atoms with Crippen LogP contribution in [0.15, 0.2) is 60.9 Å². The first-order chi connectivity index (χ1) is 22.4. The molecule has 2 bridgehead atoms. The molecule has 6 rings (SSSR count). The molecule has 2 aromatic carbocycles. The Kier molecular flexibility index (Phi) is 9.68. The van der Waals surface area contributed by atoms with Gasteiger partial charge in [0.25, 0.3) is 0 Å². The average molecular weight is 638 g/mol. The molecule has 3 aliphatic heterocycles. The highest BCUT2D eigenvalue weighted by molar-refractivity contribution is 5.96. The zero-order chi connectivity index (χ0) is 32.3. The predicted octanol–water partition coefficient (Wildman–Crippen LogP) is 0.386. The lowest BCUT2D eigenvalue weighted by molar-refractivity contribution is -0.204. The molecule has 246 valence electrons. The van der Waals surface area contributed by atoms with E-state index < -0.39 is 59.7 Å². The van der Waals surface area contributed by atoms with E-state index in [9.17, 15) is 19.5 Å². The number of benzene rings is 2. The summed E-state index contributed by atoms with van der Waals surface area (Å²) in [7, 11) is 1.56. The molecule has 2 amide bonds. The van der Waals surface area contributed by atoms with E-state index >= 15 is 0 Å². The molecule has 13 heteroatoms. The van der Waals surface area contributed by atoms with Crippen LogP contribution in [0.1, 0.15) is 23.1 Å². The number of hydroxylamine groups is 2. The summed E-state index contributed by atoms with van der Waals surface area (Å²) in [6.07, 6.45) is 0.672. The highest BCUT2D eigenvalue weighted by Gasteiger charge is 2.75. The lowest BCUT2D eigenvalue weighted by atomic mass is 9.62. The van der Waals surface area contributed by atoms with Gasteiger partial charge in [-0.2, -0.15) is 5.06 Å². The summed E-state index contributed by atoms with van der Waals surface area (Å²) in [5, 5.41) is 22.6. The molecule has 2 aromatic rings. The zero-order valence-electron chi connectivity index (χ0n) is 25.5. The molecule has 1 aliphatic carbocycles. The molecular weight excluding hydrogens is 598 g/mol. The van der Waals surface area contributed by atoms with Crippen LogP contribution in [0.3, 0.4) is 0 Å². The van der Waals surface area contributed by atoms with Crippen LogP contribution >= 0.6 is 0 Å². The van der Waals surface area contributed by atoms with Gasteiger partial charge in [-0.25, -0.2) is 0 Å². The highest BCUT2D eigenvalue weighted by Crippen LogP contribution is 2.56. The van der Waals surface area contributed by atoms with Gasteiger partial charge in [0.15, 0.2) is 6.04 Å². The molecule has 0 spiro atoms. The largest absolute Gasteiger partial charge is 0.499 e. The van der Waals surface area contributed by atoms with E-state index in [0.29, 0.717) is 0 Å². The second kappa shape index (κ2) is 13.9. The molecule has 46 heavy (non-hydrogen) atoms. The van der Waals surface area contributed by atoms with Gasteiger partial charge in [0.1, 0.15) is 49.3 Å². The van der Waals surface area contributed by atoms with Crippen LogP contribution in [0.4, 0.5) is 0 Å². The molecule has 0 aromatic heterocycles. The van der Waals surface area contributed by atoms with Crippen molar-refractivity contribution in [2.24, 2.45) is 5.41 Å². The number of aliphatic hydroxyl groups is 2. The quantitative estimate of drug-likeness (QED) is 0.159. The Labute approximate surface area is 266 Å². The topological polar surface area (TPSA) is 156 Å². The van der Waals surface area contributed by atoms with E-state index in [1.165, 1.54) is 16.2 Å². The van der Waals surface area contributed by atoms with Crippen LogP contribution < -0.4 is 5.32 Å². The number of fused-ring (bicyclic) bond motifs is 4. The zero-order valence-corrected chi connectivity index (χ0v) is 25.5. The molecule has 1 saturated carbocycles. The van der Waals surface area contributed by atoms with Crippen LogP contribution in [-0.4, -0.2) is 115 Å². The summed E-state index contributed by atoms with van der Waals surface area (Å²) in [5.41, 5.74) is 0.987. The number of ether oxygens (including phenoxy) is 4. The Bertz CT molecular complexity index is 1440. The van der Waals surface area contributed by atoms with Gasteiger partial charge in [-0.15, -0.1) is 0 Å². The van der Waals surface area contributed by atoms with Crippen LogP contribution in [0.2, 0.25) is 0 Å². The maximum atomic E-state index is 14.9. The van der Waals surface area contributed by atoms with Crippen LogP contribution in [0.5, 0.6) is 0 Å². The number of hydrogen-bond donors (Lipinski definition) is 3. The van der Waals surface area contributed by atoms with Gasteiger partial charge in [0.05, 0.1) is 26.0 Å². The number of carbonyl (C=O) groups is 3. The van der Waals surface area contributed by atoms with E-state index in [2.05, 4.69) is 5.32 Å². The van der Waals surface area contributed by atoms with Gasteiger partial charge in [0.2, 0.25) is 11.8 Å². The number of hydrogen-bond acceptors (Lipinski definition) is 11. The number of amides is 2. The Morgan fingerprint density at radius 3 is 2.65 bits per heavy atom. The van der Waals surface area contributed by atoms with Crippen molar-refractivity contribution in [3.8, 4) is 0 Å². The van der Waals surface area contributed by atoms with Gasteiger partial charge in [0, 0.05) is 26.4 Å². The number of nitrogens with one attached hydrogen (secondary N) is 1. The summed E-state index contributed by atoms with van der Waals surface area (Å²) < 4.78 is 23.0. The van der Waals surface area contributed by atoms with Gasteiger partial charge < -0.3 is 39.4 Å². The fraction of sp³-hybridized carbons (Fsp3) is 0.485. The lowest BCUT2D eigenvalue weighted by Gasteiger charge is -2.50. The van der Waals surface area contributed by atoms with E-state index in [1.54, 1.807) is 13.1 Å². The van der Waals surface area contributed by atoms with Crippen molar-refractivity contribution in [2.45, 2.75) is 55.9 Å². The van der Waals surface area contributed by atoms with Gasteiger partial charge >= 0.3 is 5.97 Å². The molecule has 3 heterocycles. The standard InChI is InChI=1S/C33H39N3O10/c1-35(24(30(39)34-12-13-37)17-21-7-3-2-4-8-21)32(41)33-18-25-26-27(44-20-43-26)29(33)46-36(28(33)31(40)45-25)19-23-10-6-5-9-22(23)11-15-42-16-14-38/h2-11,15,24-29,37-38H,12-14,16-20H2,1H3,(H,34,39)/t24-,25-,26+,27+,28+,29-,33+/m1/s1. The molecule has 0 unspecified atom stereocenters. The smallest absolute Gasteiger partial charge is 0.327 e. The average Bonchev–Trinajstić information content (AvgIpc) is 3.70. The molecule has 3 N–H and O–H groups in total. The van der Waals surface area contributed by atoms with Crippen LogP contribution in [0.25, 0.3) is 6.08 Å². The normalized spacial score (nSPS) is 28.8. The fourth-order valence-corrected chi connectivity index (χ4v) is 7.07. The molecule has 7 atom stereocenters. The van der Waals surface area contributed by atoms with Gasteiger partial charge in [-0.3, -0.25) is 19.2 Å². The van der Waals surface area contributed by atoms with Crippen molar-refractivity contribution >= 4 is 23.9 Å². The molecular formula is C33H39N3O10. The second-order valence-corrected chi connectivity index (χ2v) is 11.8. The summed E-state index contributed by atoms with van der Waals surface area (Å²) in [6, 6.07) is 14.7. The fourth-order valence-electron chi connectivity index (χ4n) is 7.07. The SMILES string of the molecule is CN(C(=O)[C@@]12C[C@H]3OC(=O)[C@@H]1N(Cc1ccccc1C=COCCO)O[C@@H]2[C@H]1OCO[C@H]13)[C@H](Cc1ccccc1)C(=O)NCCO. The Hall–Kier alpha value is -3.85. The number of rotatable bonds is 13. The van der Waals surface area contributed by atoms with Crippen molar-refractivity contribution in [1.29, 1.82) is 0 Å². The summed E-state index contributed by atoms with van der Waals surface area (Å²) in [4.78, 5) is 50.2. The maximum absolute atomic E-state index is 14.9. The maximum Gasteiger partial charge on any atom is 0.327 e. The van der Waals surface area contributed by atoms with Crippen molar-refractivity contribution < 1.29 is 48.4 Å². The minimum Gasteiger partial charge on any atom is -0.499 e.